The average molecular weight is 170 g/mol. The minimum Gasteiger partial charge on any atom is -0.396 e. The molecule has 1 nitrogen and oxygen atoms in total. The summed E-state index contributed by atoms with van der Waals surface area (Å²) in [6.45, 7) is 9.28. The van der Waals surface area contributed by atoms with E-state index in [0.29, 0.717) is 12.0 Å². The predicted octanol–water partition coefficient (Wildman–Crippen LogP) is 2.83. The zero-order valence-corrected chi connectivity index (χ0v) is 8.85. The highest BCUT2D eigenvalue weighted by Crippen LogP contribution is 2.49. The molecule has 1 saturated carbocycles. The molecule has 1 heteroatoms. The zero-order chi connectivity index (χ0) is 9.41. The number of aliphatic hydroxyl groups is 1. The van der Waals surface area contributed by atoms with Gasteiger partial charge in [-0.25, -0.2) is 0 Å². The highest BCUT2D eigenvalue weighted by atomic mass is 16.3. The highest BCUT2D eigenvalue weighted by Gasteiger charge is 2.38. The van der Waals surface area contributed by atoms with Crippen LogP contribution in [0, 0.1) is 16.7 Å². The maximum Gasteiger partial charge on any atom is 0.0482 e. The molecule has 0 aliphatic heterocycles. The molecule has 0 aromatic rings. The van der Waals surface area contributed by atoms with E-state index >= 15 is 0 Å². The van der Waals surface area contributed by atoms with E-state index < -0.39 is 0 Å². The molecule has 0 aromatic heterocycles. The van der Waals surface area contributed by atoms with Gasteiger partial charge in [0, 0.05) is 6.61 Å². The van der Waals surface area contributed by atoms with E-state index in [-0.39, 0.29) is 5.41 Å². The summed E-state index contributed by atoms with van der Waals surface area (Å²) in [4.78, 5) is 0. The first-order valence-corrected chi connectivity index (χ1v) is 4.96. The van der Waals surface area contributed by atoms with Crippen molar-refractivity contribution >= 4 is 0 Å². The van der Waals surface area contributed by atoms with Gasteiger partial charge in [0.1, 0.15) is 0 Å². The minimum absolute atomic E-state index is 0.140. The Kier molecular flexibility index (Phi) is 2.53. The molecule has 1 rings (SSSR count). The second-order valence-corrected chi connectivity index (χ2v) is 5.96. The molecular formula is C11H22O. The molecule has 0 atom stereocenters. The maximum absolute atomic E-state index is 9.09. The highest BCUT2D eigenvalue weighted by molar-refractivity contribution is 4.89. The Bertz CT molecular complexity index is 150. The fourth-order valence-electron chi connectivity index (χ4n) is 2.49. The molecule has 0 heterocycles. The van der Waals surface area contributed by atoms with Gasteiger partial charge in [-0.2, -0.15) is 0 Å². The maximum atomic E-state index is 9.09. The third-order valence-electron chi connectivity index (χ3n) is 2.95. The number of hydrogen-bond donors (Lipinski definition) is 1. The molecule has 1 aliphatic carbocycles. The van der Waals surface area contributed by atoms with Crippen molar-refractivity contribution in [2.45, 2.75) is 47.0 Å². The van der Waals surface area contributed by atoms with Crippen molar-refractivity contribution in [2.75, 3.05) is 6.61 Å². The number of rotatable bonds is 3. The third-order valence-corrected chi connectivity index (χ3v) is 2.95. The lowest BCUT2D eigenvalue weighted by Crippen LogP contribution is -2.35. The Hall–Kier alpha value is -0.0400. The summed E-state index contributed by atoms with van der Waals surface area (Å²) < 4.78 is 0. The Morgan fingerprint density at radius 3 is 2.17 bits per heavy atom. The number of hydrogen-bond acceptors (Lipinski definition) is 1. The van der Waals surface area contributed by atoms with Crippen LogP contribution >= 0.6 is 0 Å². The molecule has 72 valence electrons. The second kappa shape index (κ2) is 3.02. The summed E-state index contributed by atoms with van der Waals surface area (Å²) in [6, 6.07) is 0. The molecule has 1 aliphatic rings. The van der Waals surface area contributed by atoms with Crippen molar-refractivity contribution in [3.8, 4) is 0 Å². The van der Waals surface area contributed by atoms with E-state index in [2.05, 4.69) is 27.7 Å². The van der Waals surface area contributed by atoms with Crippen molar-refractivity contribution < 1.29 is 5.11 Å². The summed E-state index contributed by atoms with van der Waals surface area (Å²) in [5, 5.41) is 9.09. The molecule has 0 radical (unpaired) electrons. The van der Waals surface area contributed by atoms with E-state index in [0.717, 1.165) is 5.92 Å². The molecule has 12 heavy (non-hydrogen) atoms. The van der Waals surface area contributed by atoms with Crippen LogP contribution in [-0.4, -0.2) is 11.7 Å². The molecule has 1 fully saturated rings. The fourth-order valence-corrected chi connectivity index (χ4v) is 2.49. The first-order valence-electron chi connectivity index (χ1n) is 4.96. The van der Waals surface area contributed by atoms with Gasteiger partial charge >= 0.3 is 0 Å². The van der Waals surface area contributed by atoms with Crippen molar-refractivity contribution in [3.05, 3.63) is 0 Å². The minimum atomic E-state index is 0.140. The van der Waals surface area contributed by atoms with Crippen molar-refractivity contribution in [3.63, 3.8) is 0 Å². The van der Waals surface area contributed by atoms with Crippen LogP contribution in [0.25, 0.3) is 0 Å². The van der Waals surface area contributed by atoms with Crippen LogP contribution in [0.2, 0.25) is 0 Å². The smallest absolute Gasteiger partial charge is 0.0482 e. The van der Waals surface area contributed by atoms with E-state index in [9.17, 15) is 0 Å². The van der Waals surface area contributed by atoms with E-state index in [1.54, 1.807) is 0 Å². The van der Waals surface area contributed by atoms with Gasteiger partial charge in [-0.05, 0) is 36.0 Å². The molecule has 0 unspecified atom stereocenters. The number of aliphatic hydroxyl groups excluding tert-OH is 1. The van der Waals surface area contributed by atoms with Gasteiger partial charge in [-0.3, -0.25) is 0 Å². The van der Waals surface area contributed by atoms with E-state index in [1.807, 2.05) is 0 Å². The van der Waals surface area contributed by atoms with Gasteiger partial charge in [0.2, 0.25) is 0 Å². The van der Waals surface area contributed by atoms with Crippen molar-refractivity contribution in [1.29, 1.82) is 0 Å². The van der Waals surface area contributed by atoms with E-state index in [1.165, 1.54) is 19.3 Å². The Labute approximate surface area is 76.2 Å². The molecule has 0 spiro atoms. The normalized spacial score (nSPS) is 23.8. The lowest BCUT2D eigenvalue weighted by Gasteiger charge is -2.45. The third kappa shape index (κ3) is 2.48. The fraction of sp³-hybridized carbons (Fsp3) is 1.00. The summed E-state index contributed by atoms with van der Waals surface area (Å²) in [7, 11) is 0. The van der Waals surface area contributed by atoms with Crippen LogP contribution in [0.1, 0.15) is 47.0 Å². The predicted molar refractivity (Wildman–Crippen MR) is 52.0 cm³/mol. The lowest BCUT2D eigenvalue weighted by molar-refractivity contribution is 0.0372. The molecule has 1 N–H and O–H groups in total. The molecule has 0 aromatic carbocycles. The van der Waals surface area contributed by atoms with Gasteiger partial charge in [0.05, 0.1) is 0 Å². The standard InChI is InChI=1S/C11H22O/c1-10(2)5-9(6-10)7-11(3,4)8-12/h9,12H,5-8H2,1-4H3. The average Bonchev–Trinajstić information content (AvgIpc) is 1.83. The summed E-state index contributed by atoms with van der Waals surface area (Å²) >= 11 is 0. The van der Waals surface area contributed by atoms with Crippen LogP contribution in [0.3, 0.4) is 0 Å². The SMILES string of the molecule is CC(C)(CO)CC1CC(C)(C)C1. The zero-order valence-electron chi connectivity index (χ0n) is 8.85. The first-order chi connectivity index (χ1) is 5.35. The quantitative estimate of drug-likeness (QED) is 0.690. The molecule has 0 bridgehead atoms. The Balaban J connectivity index is 2.27. The lowest BCUT2D eigenvalue weighted by atomic mass is 9.60. The molecule has 0 saturated heterocycles. The van der Waals surface area contributed by atoms with Crippen LogP contribution < -0.4 is 0 Å². The van der Waals surface area contributed by atoms with Gasteiger partial charge in [0.15, 0.2) is 0 Å². The summed E-state index contributed by atoms with van der Waals surface area (Å²) in [6.07, 6.45) is 3.87. The van der Waals surface area contributed by atoms with E-state index in [4.69, 9.17) is 5.11 Å². The Morgan fingerprint density at radius 2 is 1.83 bits per heavy atom. The van der Waals surface area contributed by atoms with Crippen LogP contribution in [0.4, 0.5) is 0 Å². The largest absolute Gasteiger partial charge is 0.396 e. The Morgan fingerprint density at radius 1 is 1.33 bits per heavy atom. The van der Waals surface area contributed by atoms with Gasteiger partial charge in [0.25, 0.3) is 0 Å². The summed E-state index contributed by atoms with van der Waals surface area (Å²) in [5.41, 5.74) is 0.720. The molecule has 0 amide bonds. The van der Waals surface area contributed by atoms with Crippen molar-refractivity contribution in [1.82, 2.24) is 0 Å². The second-order valence-electron chi connectivity index (χ2n) is 5.96. The topological polar surface area (TPSA) is 20.2 Å². The first kappa shape index (κ1) is 10.0. The van der Waals surface area contributed by atoms with Crippen LogP contribution in [0.5, 0.6) is 0 Å². The van der Waals surface area contributed by atoms with Crippen LogP contribution in [0.15, 0.2) is 0 Å². The van der Waals surface area contributed by atoms with Crippen molar-refractivity contribution in [2.24, 2.45) is 16.7 Å². The monoisotopic (exact) mass is 170 g/mol. The van der Waals surface area contributed by atoms with Gasteiger partial charge < -0.3 is 5.11 Å². The van der Waals surface area contributed by atoms with Gasteiger partial charge in [-0.15, -0.1) is 0 Å². The molecular weight excluding hydrogens is 148 g/mol. The summed E-state index contributed by atoms with van der Waals surface area (Å²) in [5.74, 6) is 0.863. The van der Waals surface area contributed by atoms with Crippen LogP contribution in [-0.2, 0) is 0 Å². The van der Waals surface area contributed by atoms with Gasteiger partial charge in [-0.1, -0.05) is 27.7 Å².